The van der Waals surface area contributed by atoms with E-state index in [0.717, 1.165) is 0 Å². The van der Waals surface area contributed by atoms with Crippen LogP contribution >= 0.6 is 0 Å². The Bertz CT molecular complexity index is 159. The van der Waals surface area contributed by atoms with Crippen molar-refractivity contribution >= 4 is 5.97 Å². The van der Waals surface area contributed by atoms with E-state index in [9.17, 15) is 9.90 Å². The number of methoxy groups -OCH3 is 1. The molecule has 0 aliphatic rings. The maximum atomic E-state index is 10.6. The highest BCUT2D eigenvalue weighted by atomic mass is 16.5. The highest BCUT2D eigenvalue weighted by Crippen LogP contribution is 2.09. The van der Waals surface area contributed by atoms with Crippen molar-refractivity contribution in [2.24, 2.45) is 0 Å². The molecule has 1 N–H and O–H groups in total. The van der Waals surface area contributed by atoms with Gasteiger partial charge in [0.1, 0.15) is 0 Å². The molecule has 1 unspecified atom stereocenters. The SMILES string of the molecule is CCC(C)(O)/C=C/C(=O)OC. The van der Waals surface area contributed by atoms with Gasteiger partial charge in [0.05, 0.1) is 12.7 Å². The molecule has 0 fully saturated rings. The van der Waals surface area contributed by atoms with E-state index in [1.54, 1.807) is 6.92 Å². The number of carbonyl (C=O) groups is 1. The summed E-state index contributed by atoms with van der Waals surface area (Å²) in [4.78, 5) is 10.6. The van der Waals surface area contributed by atoms with Crippen molar-refractivity contribution in [1.29, 1.82) is 0 Å². The predicted molar refractivity (Wildman–Crippen MR) is 42.1 cm³/mol. The van der Waals surface area contributed by atoms with Gasteiger partial charge in [-0.3, -0.25) is 0 Å². The standard InChI is InChI=1S/C8H14O3/c1-4-8(2,10)6-5-7(9)11-3/h5-6,10H,4H2,1-3H3/b6-5+. The summed E-state index contributed by atoms with van der Waals surface area (Å²) in [5, 5.41) is 9.37. The lowest BCUT2D eigenvalue weighted by atomic mass is 10.0. The van der Waals surface area contributed by atoms with Crippen molar-refractivity contribution in [3.05, 3.63) is 12.2 Å². The minimum atomic E-state index is -0.909. The van der Waals surface area contributed by atoms with Crippen LogP contribution < -0.4 is 0 Å². The largest absolute Gasteiger partial charge is 0.466 e. The fourth-order valence-corrected chi connectivity index (χ4v) is 0.433. The quantitative estimate of drug-likeness (QED) is 0.490. The summed E-state index contributed by atoms with van der Waals surface area (Å²) in [6.45, 7) is 3.47. The first kappa shape index (κ1) is 10.2. The van der Waals surface area contributed by atoms with E-state index < -0.39 is 11.6 Å². The van der Waals surface area contributed by atoms with Crippen LogP contribution in [0.3, 0.4) is 0 Å². The van der Waals surface area contributed by atoms with Gasteiger partial charge in [-0.1, -0.05) is 6.92 Å². The van der Waals surface area contributed by atoms with Crippen molar-refractivity contribution in [2.75, 3.05) is 7.11 Å². The van der Waals surface area contributed by atoms with Crippen molar-refractivity contribution in [3.63, 3.8) is 0 Å². The molecular weight excluding hydrogens is 144 g/mol. The van der Waals surface area contributed by atoms with E-state index in [1.807, 2.05) is 6.92 Å². The number of hydrogen-bond donors (Lipinski definition) is 1. The molecule has 11 heavy (non-hydrogen) atoms. The molecule has 0 aromatic heterocycles. The summed E-state index contributed by atoms with van der Waals surface area (Å²) in [6, 6.07) is 0. The Kier molecular flexibility index (Phi) is 3.82. The summed E-state index contributed by atoms with van der Waals surface area (Å²) >= 11 is 0. The Morgan fingerprint density at radius 3 is 2.64 bits per heavy atom. The lowest BCUT2D eigenvalue weighted by molar-refractivity contribution is -0.134. The molecule has 0 aliphatic carbocycles. The van der Waals surface area contributed by atoms with Gasteiger partial charge in [0.15, 0.2) is 0 Å². The first-order valence-electron chi connectivity index (χ1n) is 3.51. The Hall–Kier alpha value is -0.830. The monoisotopic (exact) mass is 158 g/mol. The fraction of sp³-hybridized carbons (Fsp3) is 0.625. The van der Waals surface area contributed by atoms with Gasteiger partial charge in [0.2, 0.25) is 0 Å². The molecule has 0 saturated carbocycles. The Morgan fingerprint density at radius 2 is 2.27 bits per heavy atom. The van der Waals surface area contributed by atoms with Gasteiger partial charge >= 0.3 is 5.97 Å². The number of rotatable bonds is 3. The van der Waals surface area contributed by atoms with Gasteiger partial charge < -0.3 is 9.84 Å². The van der Waals surface area contributed by atoms with E-state index >= 15 is 0 Å². The fourth-order valence-electron chi connectivity index (χ4n) is 0.433. The molecule has 0 saturated heterocycles. The molecule has 1 atom stereocenters. The van der Waals surface area contributed by atoms with Gasteiger partial charge in [-0.25, -0.2) is 4.79 Å². The van der Waals surface area contributed by atoms with Gasteiger partial charge in [-0.2, -0.15) is 0 Å². The van der Waals surface area contributed by atoms with E-state index in [4.69, 9.17) is 0 Å². The molecular formula is C8H14O3. The van der Waals surface area contributed by atoms with Crippen molar-refractivity contribution in [3.8, 4) is 0 Å². The van der Waals surface area contributed by atoms with E-state index in [-0.39, 0.29) is 0 Å². The van der Waals surface area contributed by atoms with Crippen LogP contribution in [0, 0.1) is 0 Å². The Balaban J connectivity index is 4.01. The summed E-state index contributed by atoms with van der Waals surface area (Å²) in [5.41, 5.74) is -0.909. The van der Waals surface area contributed by atoms with Crippen LogP contribution in [-0.2, 0) is 9.53 Å². The Morgan fingerprint density at radius 1 is 1.73 bits per heavy atom. The minimum absolute atomic E-state index is 0.446. The van der Waals surface area contributed by atoms with E-state index in [0.29, 0.717) is 6.42 Å². The summed E-state index contributed by atoms with van der Waals surface area (Å²) in [7, 11) is 1.30. The van der Waals surface area contributed by atoms with Crippen molar-refractivity contribution in [2.45, 2.75) is 25.9 Å². The number of aliphatic hydroxyl groups is 1. The van der Waals surface area contributed by atoms with Crippen LogP contribution in [0.25, 0.3) is 0 Å². The second-order valence-electron chi connectivity index (χ2n) is 2.57. The highest BCUT2D eigenvalue weighted by molar-refractivity contribution is 5.81. The maximum Gasteiger partial charge on any atom is 0.330 e. The first-order valence-corrected chi connectivity index (χ1v) is 3.51. The predicted octanol–water partition coefficient (Wildman–Crippen LogP) is 0.877. The van der Waals surface area contributed by atoms with E-state index in [2.05, 4.69) is 4.74 Å². The topological polar surface area (TPSA) is 46.5 Å². The summed E-state index contributed by atoms with van der Waals surface area (Å²) < 4.78 is 4.35. The average Bonchev–Trinajstić information content (AvgIpc) is 2.00. The van der Waals surface area contributed by atoms with Crippen molar-refractivity contribution < 1.29 is 14.6 Å². The second kappa shape index (κ2) is 4.13. The number of hydrogen-bond acceptors (Lipinski definition) is 3. The lowest BCUT2D eigenvalue weighted by Crippen LogP contribution is -2.19. The zero-order chi connectivity index (χ0) is 8.91. The molecule has 0 spiro atoms. The Labute approximate surface area is 66.7 Å². The van der Waals surface area contributed by atoms with Crippen LogP contribution in [0.15, 0.2) is 12.2 Å². The molecule has 0 amide bonds. The van der Waals surface area contributed by atoms with Gasteiger partial charge in [0, 0.05) is 6.08 Å². The normalized spacial score (nSPS) is 16.4. The highest BCUT2D eigenvalue weighted by Gasteiger charge is 2.12. The van der Waals surface area contributed by atoms with Crippen LogP contribution in [-0.4, -0.2) is 23.8 Å². The third-order valence-electron chi connectivity index (χ3n) is 1.50. The molecule has 3 heteroatoms. The smallest absolute Gasteiger partial charge is 0.330 e. The zero-order valence-electron chi connectivity index (χ0n) is 7.13. The zero-order valence-corrected chi connectivity index (χ0v) is 7.13. The molecule has 64 valence electrons. The minimum Gasteiger partial charge on any atom is -0.466 e. The number of ether oxygens (including phenoxy) is 1. The average molecular weight is 158 g/mol. The third-order valence-corrected chi connectivity index (χ3v) is 1.50. The molecule has 0 bridgehead atoms. The van der Waals surface area contributed by atoms with Crippen LogP contribution in [0.4, 0.5) is 0 Å². The molecule has 0 rings (SSSR count). The third kappa shape index (κ3) is 4.56. The molecule has 0 aliphatic heterocycles. The first-order chi connectivity index (χ1) is 5.02. The van der Waals surface area contributed by atoms with Crippen molar-refractivity contribution in [1.82, 2.24) is 0 Å². The van der Waals surface area contributed by atoms with Crippen LogP contribution in [0.5, 0.6) is 0 Å². The molecule has 0 aromatic rings. The molecule has 0 radical (unpaired) electrons. The molecule has 3 nitrogen and oxygen atoms in total. The summed E-state index contributed by atoms with van der Waals surface area (Å²) in [5.74, 6) is -0.446. The maximum absolute atomic E-state index is 10.6. The second-order valence-corrected chi connectivity index (χ2v) is 2.57. The molecule has 0 heterocycles. The number of esters is 1. The van der Waals surface area contributed by atoms with E-state index in [1.165, 1.54) is 19.3 Å². The number of carbonyl (C=O) groups excluding carboxylic acids is 1. The van der Waals surface area contributed by atoms with Crippen LogP contribution in [0.1, 0.15) is 20.3 Å². The van der Waals surface area contributed by atoms with Gasteiger partial charge in [-0.15, -0.1) is 0 Å². The van der Waals surface area contributed by atoms with Gasteiger partial charge in [-0.05, 0) is 19.4 Å². The molecule has 0 aromatic carbocycles. The summed E-state index contributed by atoms with van der Waals surface area (Å²) in [6.07, 6.45) is 3.23. The lowest BCUT2D eigenvalue weighted by Gasteiger charge is -2.14. The van der Waals surface area contributed by atoms with Gasteiger partial charge in [0.25, 0.3) is 0 Å². The van der Waals surface area contributed by atoms with Crippen LogP contribution in [0.2, 0.25) is 0 Å².